The van der Waals surface area contributed by atoms with Gasteiger partial charge in [-0.2, -0.15) is 11.8 Å². The zero-order valence-corrected chi connectivity index (χ0v) is 8.58. The summed E-state index contributed by atoms with van der Waals surface area (Å²) < 4.78 is 0.431. The van der Waals surface area contributed by atoms with Gasteiger partial charge in [-0.25, -0.2) is 0 Å². The molecule has 0 saturated heterocycles. The summed E-state index contributed by atoms with van der Waals surface area (Å²) in [4.78, 5) is 4.28. The summed E-state index contributed by atoms with van der Waals surface area (Å²) in [6.45, 7) is 3.73. The SMILES string of the molecule is CCNC(N)=NCC1(SC)CC1. The zero-order valence-electron chi connectivity index (χ0n) is 7.76. The molecular weight excluding hydrogens is 170 g/mol. The Hall–Kier alpha value is -0.380. The van der Waals surface area contributed by atoms with Gasteiger partial charge >= 0.3 is 0 Å². The van der Waals surface area contributed by atoms with E-state index in [0.717, 1.165) is 13.1 Å². The standard InChI is InChI=1S/C8H17N3S/c1-3-10-7(9)11-6-8(12-2)4-5-8/h3-6H2,1-2H3,(H3,9,10,11). The third-order valence-corrected chi connectivity index (χ3v) is 3.54. The Morgan fingerprint density at radius 1 is 1.67 bits per heavy atom. The predicted molar refractivity (Wildman–Crippen MR) is 55.6 cm³/mol. The molecule has 1 fully saturated rings. The van der Waals surface area contributed by atoms with E-state index in [1.54, 1.807) is 0 Å². The summed E-state index contributed by atoms with van der Waals surface area (Å²) >= 11 is 1.91. The van der Waals surface area contributed by atoms with Crippen molar-refractivity contribution in [2.24, 2.45) is 10.7 Å². The minimum atomic E-state index is 0.431. The molecule has 0 bridgehead atoms. The lowest BCUT2D eigenvalue weighted by atomic mass is 10.4. The molecule has 1 aliphatic carbocycles. The fraction of sp³-hybridized carbons (Fsp3) is 0.875. The molecule has 1 rings (SSSR count). The van der Waals surface area contributed by atoms with Crippen molar-refractivity contribution >= 4 is 17.7 Å². The van der Waals surface area contributed by atoms with Crippen molar-refractivity contribution in [3.63, 3.8) is 0 Å². The zero-order chi connectivity index (χ0) is 9.03. The molecule has 3 N–H and O–H groups in total. The Balaban J connectivity index is 2.27. The molecular formula is C8H17N3S. The largest absolute Gasteiger partial charge is 0.370 e. The van der Waals surface area contributed by atoms with Crippen LogP contribution in [0.15, 0.2) is 4.99 Å². The van der Waals surface area contributed by atoms with Crippen molar-refractivity contribution in [2.45, 2.75) is 24.5 Å². The number of rotatable bonds is 4. The van der Waals surface area contributed by atoms with E-state index in [4.69, 9.17) is 5.73 Å². The number of nitrogens with one attached hydrogen (secondary N) is 1. The molecule has 0 amide bonds. The van der Waals surface area contributed by atoms with Crippen molar-refractivity contribution in [2.75, 3.05) is 19.3 Å². The van der Waals surface area contributed by atoms with Crippen LogP contribution in [-0.2, 0) is 0 Å². The molecule has 0 heterocycles. The summed E-state index contributed by atoms with van der Waals surface area (Å²) in [6.07, 6.45) is 4.72. The van der Waals surface area contributed by atoms with Crippen LogP contribution >= 0.6 is 11.8 Å². The molecule has 0 atom stereocenters. The highest BCUT2D eigenvalue weighted by Gasteiger charge is 2.41. The molecule has 70 valence electrons. The van der Waals surface area contributed by atoms with Crippen LogP contribution < -0.4 is 11.1 Å². The van der Waals surface area contributed by atoms with Crippen molar-refractivity contribution in [1.29, 1.82) is 0 Å². The van der Waals surface area contributed by atoms with Crippen LogP contribution in [0.2, 0.25) is 0 Å². The lowest BCUT2D eigenvalue weighted by Crippen LogP contribution is -2.32. The molecule has 1 aliphatic rings. The van der Waals surface area contributed by atoms with Crippen LogP contribution in [0.4, 0.5) is 0 Å². The lowest BCUT2D eigenvalue weighted by molar-refractivity contribution is 0.871. The highest BCUT2D eigenvalue weighted by Crippen LogP contribution is 2.47. The van der Waals surface area contributed by atoms with Crippen LogP contribution in [-0.4, -0.2) is 30.1 Å². The Labute approximate surface area is 78.2 Å². The maximum atomic E-state index is 5.60. The number of guanidine groups is 1. The van der Waals surface area contributed by atoms with Crippen molar-refractivity contribution < 1.29 is 0 Å². The van der Waals surface area contributed by atoms with E-state index in [9.17, 15) is 0 Å². The van der Waals surface area contributed by atoms with Crippen LogP contribution in [0.1, 0.15) is 19.8 Å². The predicted octanol–water partition coefficient (Wildman–Crippen LogP) is 0.806. The van der Waals surface area contributed by atoms with Gasteiger partial charge in [0, 0.05) is 11.3 Å². The van der Waals surface area contributed by atoms with E-state index >= 15 is 0 Å². The van der Waals surface area contributed by atoms with E-state index in [1.165, 1.54) is 12.8 Å². The van der Waals surface area contributed by atoms with Gasteiger partial charge in [0.05, 0.1) is 6.54 Å². The van der Waals surface area contributed by atoms with Crippen LogP contribution in [0.3, 0.4) is 0 Å². The topological polar surface area (TPSA) is 50.4 Å². The summed E-state index contributed by atoms with van der Waals surface area (Å²) in [5.74, 6) is 0.581. The van der Waals surface area contributed by atoms with E-state index in [2.05, 4.69) is 16.6 Å². The third kappa shape index (κ3) is 2.59. The van der Waals surface area contributed by atoms with Crippen molar-refractivity contribution in [1.82, 2.24) is 5.32 Å². The number of nitrogens with zero attached hydrogens (tertiary/aromatic N) is 1. The van der Waals surface area contributed by atoms with Gasteiger partial charge in [-0.15, -0.1) is 0 Å². The first kappa shape index (κ1) is 9.71. The van der Waals surface area contributed by atoms with E-state index in [-0.39, 0.29) is 0 Å². The second kappa shape index (κ2) is 4.03. The van der Waals surface area contributed by atoms with Gasteiger partial charge in [-0.3, -0.25) is 4.99 Å². The Kier molecular flexibility index (Phi) is 3.26. The van der Waals surface area contributed by atoms with Gasteiger partial charge < -0.3 is 11.1 Å². The fourth-order valence-corrected chi connectivity index (χ4v) is 1.74. The molecule has 3 nitrogen and oxygen atoms in total. The van der Waals surface area contributed by atoms with Gasteiger partial charge in [-0.05, 0) is 26.0 Å². The minimum Gasteiger partial charge on any atom is -0.370 e. The maximum absolute atomic E-state index is 5.60. The normalized spacial score (nSPS) is 20.7. The summed E-state index contributed by atoms with van der Waals surface area (Å²) in [6, 6.07) is 0. The van der Waals surface area contributed by atoms with Crippen molar-refractivity contribution in [3.8, 4) is 0 Å². The second-order valence-electron chi connectivity index (χ2n) is 3.12. The molecule has 0 aromatic carbocycles. The highest BCUT2D eigenvalue weighted by atomic mass is 32.2. The number of hydrogen-bond acceptors (Lipinski definition) is 2. The molecule has 0 aromatic heterocycles. The van der Waals surface area contributed by atoms with Gasteiger partial charge in [0.25, 0.3) is 0 Å². The molecule has 4 heteroatoms. The number of nitrogens with two attached hydrogens (primary N) is 1. The lowest BCUT2D eigenvalue weighted by Gasteiger charge is -2.08. The third-order valence-electron chi connectivity index (χ3n) is 2.14. The minimum absolute atomic E-state index is 0.431. The van der Waals surface area contributed by atoms with E-state index < -0.39 is 0 Å². The van der Waals surface area contributed by atoms with Gasteiger partial charge in [-0.1, -0.05) is 0 Å². The molecule has 0 radical (unpaired) electrons. The van der Waals surface area contributed by atoms with E-state index in [0.29, 0.717) is 10.7 Å². The van der Waals surface area contributed by atoms with Crippen LogP contribution in [0, 0.1) is 0 Å². The van der Waals surface area contributed by atoms with E-state index in [1.807, 2.05) is 18.7 Å². The summed E-state index contributed by atoms with van der Waals surface area (Å²) in [5.41, 5.74) is 5.60. The number of thioether (sulfide) groups is 1. The van der Waals surface area contributed by atoms with Crippen molar-refractivity contribution in [3.05, 3.63) is 0 Å². The first-order chi connectivity index (χ1) is 5.72. The molecule has 0 aliphatic heterocycles. The van der Waals surface area contributed by atoms with Crippen LogP contribution in [0.5, 0.6) is 0 Å². The molecule has 1 saturated carbocycles. The first-order valence-electron chi connectivity index (χ1n) is 4.31. The highest BCUT2D eigenvalue weighted by molar-refractivity contribution is 8.00. The average Bonchev–Trinajstić information content (AvgIpc) is 2.82. The monoisotopic (exact) mass is 187 g/mol. The first-order valence-corrected chi connectivity index (χ1v) is 5.54. The molecule has 0 unspecified atom stereocenters. The fourth-order valence-electron chi connectivity index (χ4n) is 1.03. The Bertz CT molecular complexity index is 175. The molecule has 0 aromatic rings. The Morgan fingerprint density at radius 3 is 2.75 bits per heavy atom. The smallest absolute Gasteiger partial charge is 0.188 e. The molecule has 0 spiro atoms. The van der Waals surface area contributed by atoms with Gasteiger partial charge in [0.1, 0.15) is 0 Å². The van der Waals surface area contributed by atoms with Gasteiger partial charge in [0.15, 0.2) is 5.96 Å². The average molecular weight is 187 g/mol. The van der Waals surface area contributed by atoms with Crippen LogP contribution in [0.25, 0.3) is 0 Å². The Morgan fingerprint density at radius 2 is 2.33 bits per heavy atom. The second-order valence-corrected chi connectivity index (χ2v) is 4.39. The summed E-state index contributed by atoms with van der Waals surface area (Å²) in [5, 5.41) is 2.99. The molecule has 12 heavy (non-hydrogen) atoms. The quantitative estimate of drug-likeness (QED) is 0.506. The number of hydrogen-bond donors (Lipinski definition) is 2. The maximum Gasteiger partial charge on any atom is 0.188 e. The summed E-state index contributed by atoms with van der Waals surface area (Å²) in [7, 11) is 0. The number of aliphatic imine (C=N–C) groups is 1. The van der Waals surface area contributed by atoms with Gasteiger partial charge in [0.2, 0.25) is 0 Å².